The number of carbonyl (C=O) groups excluding carboxylic acids is 1. The van der Waals surface area contributed by atoms with Crippen LogP contribution in [0.5, 0.6) is 0 Å². The molecule has 0 amide bonds. The van der Waals surface area contributed by atoms with Crippen molar-refractivity contribution < 1.29 is 22.3 Å². The molecule has 0 atom stereocenters. The summed E-state index contributed by atoms with van der Waals surface area (Å²) in [7, 11) is -3.60. The fourth-order valence-corrected chi connectivity index (χ4v) is 6.24. The maximum Gasteiger partial charge on any atom is 0.243 e. The lowest BCUT2D eigenvalue weighted by Gasteiger charge is -2.26. The number of hydrogen-bond acceptors (Lipinski definition) is 9. The molecule has 4 rings (SSSR count). The third-order valence-corrected chi connectivity index (χ3v) is 8.88. The molecule has 33 heavy (non-hydrogen) atoms. The van der Waals surface area contributed by atoms with E-state index in [2.05, 4.69) is 15.5 Å². The molecule has 3 aromatic rings. The summed E-state index contributed by atoms with van der Waals surface area (Å²) in [4.78, 5) is 12.7. The number of ketones is 1. The first-order valence-electron chi connectivity index (χ1n) is 10.1. The van der Waals surface area contributed by atoms with Gasteiger partial charge in [-0.05, 0) is 35.9 Å². The molecule has 2 aromatic carbocycles. The zero-order chi connectivity index (χ0) is 23.3. The number of sulfonamides is 1. The average molecular weight is 509 g/mol. The Hall–Kier alpha value is -2.38. The summed E-state index contributed by atoms with van der Waals surface area (Å²) in [6.07, 6.45) is 0. The zero-order valence-electron chi connectivity index (χ0n) is 17.4. The monoisotopic (exact) mass is 508 g/mol. The normalized spacial score (nSPS) is 14.8. The Morgan fingerprint density at radius 1 is 1.12 bits per heavy atom. The first kappa shape index (κ1) is 23.8. The highest BCUT2D eigenvalue weighted by molar-refractivity contribution is 8.00. The van der Waals surface area contributed by atoms with Crippen LogP contribution in [0.15, 0.2) is 57.8 Å². The predicted octanol–water partition coefficient (Wildman–Crippen LogP) is 3.29. The maximum absolute atomic E-state index is 13.7. The van der Waals surface area contributed by atoms with Gasteiger partial charge in [0.1, 0.15) is 5.82 Å². The Kier molecular flexibility index (Phi) is 7.71. The van der Waals surface area contributed by atoms with Crippen LogP contribution in [-0.2, 0) is 20.5 Å². The first-order valence-corrected chi connectivity index (χ1v) is 13.3. The Morgan fingerprint density at radius 2 is 1.85 bits per heavy atom. The van der Waals surface area contributed by atoms with Crippen LogP contribution in [0, 0.1) is 5.82 Å². The van der Waals surface area contributed by atoms with E-state index in [0.29, 0.717) is 52.7 Å². The molecule has 2 heterocycles. The van der Waals surface area contributed by atoms with Gasteiger partial charge in [-0.15, -0.1) is 10.2 Å². The topological polar surface area (TPSA) is 101 Å². The van der Waals surface area contributed by atoms with Crippen molar-refractivity contribution in [3.8, 4) is 0 Å². The van der Waals surface area contributed by atoms with Crippen molar-refractivity contribution in [3.05, 3.63) is 65.5 Å². The molecule has 0 spiro atoms. The number of rotatable bonds is 9. The van der Waals surface area contributed by atoms with Crippen LogP contribution in [-0.4, -0.2) is 61.6 Å². The molecule has 1 saturated heterocycles. The fourth-order valence-electron chi connectivity index (χ4n) is 3.10. The van der Waals surface area contributed by atoms with Crippen molar-refractivity contribution in [3.63, 3.8) is 0 Å². The van der Waals surface area contributed by atoms with Crippen LogP contribution in [0.3, 0.4) is 0 Å². The Bertz CT molecular complexity index is 1210. The van der Waals surface area contributed by atoms with E-state index < -0.39 is 10.0 Å². The number of Topliss-reactive ketones (excluding diaryl/α,β-unsaturated/α-hetero) is 1. The average Bonchev–Trinajstić information content (AvgIpc) is 3.30. The summed E-state index contributed by atoms with van der Waals surface area (Å²) < 4.78 is 46.3. The van der Waals surface area contributed by atoms with Crippen molar-refractivity contribution in [1.29, 1.82) is 0 Å². The van der Waals surface area contributed by atoms with Crippen molar-refractivity contribution >= 4 is 44.0 Å². The van der Waals surface area contributed by atoms with Gasteiger partial charge in [-0.2, -0.15) is 4.31 Å². The van der Waals surface area contributed by atoms with Crippen LogP contribution in [0.1, 0.15) is 15.9 Å². The molecule has 12 heteroatoms. The molecule has 0 bridgehead atoms. The van der Waals surface area contributed by atoms with Gasteiger partial charge in [-0.3, -0.25) is 4.79 Å². The molecule has 0 saturated carbocycles. The molecule has 8 nitrogen and oxygen atoms in total. The van der Waals surface area contributed by atoms with E-state index in [9.17, 15) is 17.6 Å². The SMILES string of the molecule is O=C(CNc1nnc(SCc2ccccc2F)s1)c1ccc(S(=O)(=O)N2CCOCC2)cc1. The van der Waals surface area contributed by atoms with E-state index in [1.165, 1.54) is 57.7 Å². The number of nitrogens with one attached hydrogen (secondary N) is 1. The minimum Gasteiger partial charge on any atom is -0.379 e. The largest absolute Gasteiger partial charge is 0.379 e. The third kappa shape index (κ3) is 5.95. The lowest BCUT2D eigenvalue weighted by molar-refractivity contribution is 0.0730. The molecule has 1 aliphatic heterocycles. The molecule has 1 N–H and O–H groups in total. The number of thioether (sulfide) groups is 1. The minimum absolute atomic E-state index is 0.0117. The molecular formula is C21H21FN4O4S3. The third-order valence-electron chi connectivity index (χ3n) is 4.90. The number of hydrogen-bond donors (Lipinski definition) is 1. The number of halogens is 1. The molecule has 174 valence electrons. The second kappa shape index (κ2) is 10.7. The van der Waals surface area contributed by atoms with Crippen LogP contribution in [0.25, 0.3) is 0 Å². The van der Waals surface area contributed by atoms with E-state index in [1.807, 2.05) is 0 Å². The van der Waals surface area contributed by atoms with Gasteiger partial charge in [-0.25, -0.2) is 12.8 Å². The van der Waals surface area contributed by atoms with Crippen LogP contribution < -0.4 is 5.32 Å². The van der Waals surface area contributed by atoms with Crippen LogP contribution in [0.4, 0.5) is 9.52 Å². The first-order chi connectivity index (χ1) is 15.9. The van der Waals surface area contributed by atoms with Gasteiger partial charge in [0, 0.05) is 24.4 Å². The highest BCUT2D eigenvalue weighted by Gasteiger charge is 2.26. The van der Waals surface area contributed by atoms with Crippen molar-refractivity contribution in [2.75, 3.05) is 38.2 Å². The number of nitrogens with zero attached hydrogens (tertiary/aromatic N) is 3. The summed E-state index contributed by atoms with van der Waals surface area (Å²) in [5.74, 6) is -0.0387. The van der Waals surface area contributed by atoms with Gasteiger partial charge in [0.15, 0.2) is 10.1 Å². The van der Waals surface area contributed by atoms with Crippen molar-refractivity contribution in [2.24, 2.45) is 0 Å². The number of carbonyl (C=O) groups is 1. The lowest BCUT2D eigenvalue weighted by Crippen LogP contribution is -2.40. The summed E-state index contributed by atoms with van der Waals surface area (Å²) in [5.41, 5.74) is 0.976. The number of anilines is 1. The molecule has 0 aliphatic carbocycles. The maximum atomic E-state index is 13.7. The van der Waals surface area contributed by atoms with E-state index in [4.69, 9.17) is 4.74 Å². The van der Waals surface area contributed by atoms with Gasteiger partial charge in [0.2, 0.25) is 15.2 Å². The molecule has 1 fully saturated rings. The highest BCUT2D eigenvalue weighted by atomic mass is 32.2. The zero-order valence-corrected chi connectivity index (χ0v) is 19.9. The second-order valence-electron chi connectivity index (χ2n) is 7.07. The fraction of sp³-hybridized carbons (Fsp3) is 0.286. The summed E-state index contributed by atoms with van der Waals surface area (Å²) in [6, 6.07) is 12.5. The molecule has 1 aromatic heterocycles. The molecular weight excluding hydrogens is 487 g/mol. The molecule has 0 radical (unpaired) electrons. The van der Waals surface area contributed by atoms with E-state index >= 15 is 0 Å². The number of aromatic nitrogens is 2. The van der Waals surface area contributed by atoms with Crippen LogP contribution in [0.2, 0.25) is 0 Å². The molecule has 1 aliphatic rings. The number of benzene rings is 2. The van der Waals surface area contributed by atoms with Crippen molar-refractivity contribution in [2.45, 2.75) is 15.0 Å². The number of morpholine rings is 1. The lowest BCUT2D eigenvalue weighted by atomic mass is 10.1. The highest BCUT2D eigenvalue weighted by Crippen LogP contribution is 2.29. The standard InChI is InChI=1S/C21H21FN4O4S3/c22-18-4-2-1-3-16(18)14-31-21-25-24-20(32-21)23-13-19(27)15-5-7-17(8-6-15)33(28,29)26-9-11-30-12-10-26/h1-8H,9-14H2,(H,23,24). The van der Waals surface area contributed by atoms with Gasteiger partial charge < -0.3 is 10.1 Å². The Labute approximate surface area is 199 Å². The second-order valence-corrected chi connectivity index (χ2v) is 11.2. The van der Waals surface area contributed by atoms with Gasteiger partial charge in [0.25, 0.3) is 0 Å². The summed E-state index contributed by atoms with van der Waals surface area (Å²) in [6.45, 7) is 1.36. The Balaban J connectivity index is 1.30. The van der Waals surface area contributed by atoms with Gasteiger partial charge in [0.05, 0.1) is 24.7 Å². The van der Waals surface area contributed by atoms with Crippen LogP contribution >= 0.6 is 23.1 Å². The van der Waals surface area contributed by atoms with E-state index in [0.717, 1.165) is 0 Å². The van der Waals surface area contributed by atoms with E-state index in [-0.39, 0.29) is 23.0 Å². The van der Waals surface area contributed by atoms with E-state index in [1.54, 1.807) is 18.2 Å². The van der Waals surface area contributed by atoms with Gasteiger partial charge >= 0.3 is 0 Å². The van der Waals surface area contributed by atoms with Gasteiger partial charge in [-0.1, -0.05) is 41.3 Å². The number of ether oxygens (including phenoxy) is 1. The molecule has 0 unspecified atom stereocenters. The summed E-state index contributed by atoms with van der Waals surface area (Å²) >= 11 is 2.64. The minimum atomic E-state index is -3.60. The smallest absolute Gasteiger partial charge is 0.243 e. The Morgan fingerprint density at radius 3 is 2.58 bits per heavy atom. The van der Waals surface area contributed by atoms with Crippen molar-refractivity contribution in [1.82, 2.24) is 14.5 Å². The predicted molar refractivity (Wildman–Crippen MR) is 125 cm³/mol. The quantitative estimate of drug-likeness (QED) is 0.347. The summed E-state index contributed by atoms with van der Waals surface area (Å²) in [5, 5.41) is 11.5.